The summed E-state index contributed by atoms with van der Waals surface area (Å²) in [6, 6.07) is 3.88. The quantitative estimate of drug-likeness (QED) is 0.826. The number of rotatable bonds is 5. The van der Waals surface area contributed by atoms with Gasteiger partial charge in [-0.1, -0.05) is 12.2 Å². The summed E-state index contributed by atoms with van der Waals surface area (Å²) in [6.07, 6.45) is 8.66. The van der Waals surface area contributed by atoms with Crippen LogP contribution in [0.15, 0.2) is 49.8 Å². The van der Waals surface area contributed by atoms with Gasteiger partial charge in [0.1, 0.15) is 0 Å². The summed E-state index contributed by atoms with van der Waals surface area (Å²) in [4.78, 5) is 3.97. The van der Waals surface area contributed by atoms with E-state index in [1.54, 1.807) is 12.4 Å². The van der Waals surface area contributed by atoms with Crippen molar-refractivity contribution >= 4 is 24.8 Å². The molecule has 0 amide bonds. The normalized spacial score (nSPS) is 9.56. The molecule has 1 heterocycles. The highest BCUT2D eigenvalue weighted by molar-refractivity contribution is 5.85. The van der Waals surface area contributed by atoms with E-state index in [-0.39, 0.29) is 30.4 Å². The third-order valence-corrected chi connectivity index (χ3v) is 2.27. The molecule has 0 saturated heterocycles. The van der Waals surface area contributed by atoms with Crippen LogP contribution in [0.25, 0.3) is 0 Å². The molecule has 0 fully saturated rings. The lowest BCUT2D eigenvalue weighted by atomic mass is 9.85. The Kier molecular flexibility index (Phi) is 9.15. The van der Waals surface area contributed by atoms with Crippen molar-refractivity contribution < 1.29 is 0 Å². The number of pyridine rings is 1. The fourth-order valence-corrected chi connectivity index (χ4v) is 1.52. The monoisotopic (exact) mass is 260 g/mol. The van der Waals surface area contributed by atoms with Gasteiger partial charge in [-0.05, 0) is 30.5 Å². The van der Waals surface area contributed by atoms with E-state index in [1.807, 2.05) is 24.3 Å². The van der Waals surface area contributed by atoms with Crippen molar-refractivity contribution in [3.8, 4) is 0 Å². The first-order valence-corrected chi connectivity index (χ1v) is 4.64. The lowest BCUT2D eigenvalue weighted by Gasteiger charge is -2.27. The zero-order valence-corrected chi connectivity index (χ0v) is 10.8. The highest BCUT2D eigenvalue weighted by Gasteiger charge is 2.23. The molecule has 1 aromatic rings. The van der Waals surface area contributed by atoms with Crippen molar-refractivity contribution in [1.29, 1.82) is 0 Å². The molecular weight excluding hydrogens is 243 g/mol. The molecule has 2 N–H and O–H groups in total. The van der Waals surface area contributed by atoms with Gasteiger partial charge in [-0.25, -0.2) is 0 Å². The summed E-state index contributed by atoms with van der Waals surface area (Å²) >= 11 is 0. The molecule has 0 aromatic carbocycles. The molecule has 4 heteroatoms. The summed E-state index contributed by atoms with van der Waals surface area (Å²) in [5, 5.41) is 0. The van der Waals surface area contributed by atoms with E-state index in [0.717, 1.165) is 18.4 Å². The van der Waals surface area contributed by atoms with E-state index in [4.69, 9.17) is 5.73 Å². The predicted octanol–water partition coefficient (Wildman–Crippen LogP) is 3.23. The maximum absolute atomic E-state index is 6.27. The second-order valence-corrected chi connectivity index (χ2v) is 3.38. The Bertz CT molecular complexity index is 302. The van der Waals surface area contributed by atoms with Crippen LogP contribution in [0.4, 0.5) is 0 Å². The molecule has 0 aliphatic carbocycles. The Hall–Kier alpha value is -0.830. The molecule has 0 spiro atoms. The van der Waals surface area contributed by atoms with E-state index in [0.29, 0.717) is 0 Å². The van der Waals surface area contributed by atoms with Crippen molar-refractivity contribution in [2.45, 2.75) is 18.4 Å². The highest BCUT2D eigenvalue weighted by Crippen LogP contribution is 2.26. The zero-order chi connectivity index (χ0) is 10.4. The molecule has 0 unspecified atom stereocenters. The van der Waals surface area contributed by atoms with E-state index >= 15 is 0 Å². The van der Waals surface area contributed by atoms with Crippen molar-refractivity contribution in [2.24, 2.45) is 5.73 Å². The molecule has 0 aliphatic heterocycles. The van der Waals surface area contributed by atoms with Crippen LogP contribution in [0, 0.1) is 0 Å². The van der Waals surface area contributed by atoms with Gasteiger partial charge in [-0.3, -0.25) is 4.98 Å². The minimum Gasteiger partial charge on any atom is -0.321 e. The summed E-state index contributed by atoms with van der Waals surface area (Å²) in [5.41, 5.74) is 6.96. The molecule has 2 nitrogen and oxygen atoms in total. The third kappa shape index (κ3) is 4.35. The summed E-state index contributed by atoms with van der Waals surface area (Å²) in [7, 11) is 0. The Morgan fingerprint density at radius 2 is 1.56 bits per heavy atom. The number of hydrogen-bond donors (Lipinski definition) is 1. The largest absolute Gasteiger partial charge is 0.321 e. The second-order valence-electron chi connectivity index (χ2n) is 3.38. The van der Waals surface area contributed by atoms with Gasteiger partial charge in [-0.15, -0.1) is 38.0 Å². The van der Waals surface area contributed by atoms with E-state index < -0.39 is 0 Å². The fraction of sp³-hybridized carbons (Fsp3) is 0.250. The first-order chi connectivity index (χ1) is 6.73. The van der Waals surface area contributed by atoms with E-state index in [9.17, 15) is 0 Å². The van der Waals surface area contributed by atoms with Gasteiger partial charge in [0.2, 0.25) is 0 Å². The molecule has 90 valence electrons. The Morgan fingerprint density at radius 1 is 1.12 bits per heavy atom. The first-order valence-electron chi connectivity index (χ1n) is 4.64. The van der Waals surface area contributed by atoms with Crippen LogP contribution in [0.1, 0.15) is 18.4 Å². The van der Waals surface area contributed by atoms with Crippen LogP contribution in [0.2, 0.25) is 0 Å². The van der Waals surface area contributed by atoms with Crippen molar-refractivity contribution in [3.05, 3.63) is 55.4 Å². The van der Waals surface area contributed by atoms with Gasteiger partial charge in [0.15, 0.2) is 0 Å². The van der Waals surface area contributed by atoms with Crippen LogP contribution in [-0.4, -0.2) is 4.98 Å². The molecular formula is C12H18Cl2N2. The second kappa shape index (κ2) is 8.34. The maximum atomic E-state index is 6.27. The number of hydrogen-bond acceptors (Lipinski definition) is 2. The van der Waals surface area contributed by atoms with E-state index in [1.165, 1.54) is 0 Å². The van der Waals surface area contributed by atoms with Gasteiger partial charge >= 0.3 is 0 Å². The van der Waals surface area contributed by atoms with Crippen LogP contribution >= 0.6 is 24.8 Å². The number of halogens is 2. The van der Waals surface area contributed by atoms with Crippen LogP contribution in [0.3, 0.4) is 0 Å². The average Bonchev–Trinajstić information content (AvgIpc) is 2.20. The standard InChI is InChI=1S/C12H16N2.2ClH/c1-3-7-12(13,8-4-2)11-5-9-14-10-6-11;;/h3-6,9-10H,1-2,7-8,13H2;2*1H. The number of nitrogens with zero attached hydrogens (tertiary/aromatic N) is 1. The van der Waals surface area contributed by atoms with Crippen LogP contribution in [0.5, 0.6) is 0 Å². The van der Waals surface area contributed by atoms with Gasteiger partial charge in [0.05, 0.1) is 0 Å². The fourth-order valence-electron chi connectivity index (χ4n) is 1.52. The van der Waals surface area contributed by atoms with Gasteiger partial charge in [0.25, 0.3) is 0 Å². The molecule has 0 bridgehead atoms. The van der Waals surface area contributed by atoms with Gasteiger partial charge in [0, 0.05) is 17.9 Å². The molecule has 16 heavy (non-hydrogen) atoms. The topological polar surface area (TPSA) is 38.9 Å². The molecule has 0 aliphatic rings. The van der Waals surface area contributed by atoms with Crippen molar-refractivity contribution in [3.63, 3.8) is 0 Å². The smallest absolute Gasteiger partial charge is 0.0480 e. The van der Waals surface area contributed by atoms with Gasteiger partial charge in [-0.2, -0.15) is 0 Å². The van der Waals surface area contributed by atoms with Crippen LogP contribution in [-0.2, 0) is 5.54 Å². The molecule has 1 rings (SSSR count). The average molecular weight is 261 g/mol. The first kappa shape index (κ1) is 17.6. The minimum absolute atomic E-state index is 0. The summed E-state index contributed by atoms with van der Waals surface area (Å²) < 4.78 is 0. The third-order valence-electron chi connectivity index (χ3n) is 2.27. The molecule has 1 aromatic heterocycles. The Balaban J connectivity index is 0. The summed E-state index contributed by atoms with van der Waals surface area (Å²) in [5.74, 6) is 0. The molecule has 0 saturated carbocycles. The SMILES string of the molecule is C=CCC(N)(CC=C)c1ccncc1.Cl.Cl. The molecule has 0 radical (unpaired) electrons. The highest BCUT2D eigenvalue weighted by atomic mass is 35.5. The van der Waals surface area contributed by atoms with Crippen molar-refractivity contribution in [1.82, 2.24) is 4.98 Å². The summed E-state index contributed by atoms with van der Waals surface area (Å²) in [6.45, 7) is 7.45. The predicted molar refractivity (Wildman–Crippen MR) is 74.2 cm³/mol. The Labute approximate surface area is 109 Å². The Morgan fingerprint density at radius 3 is 1.94 bits per heavy atom. The number of aromatic nitrogens is 1. The maximum Gasteiger partial charge on any atom is 0.0480 e. The van der Waals surface area contributed by atoms with Crippen LogP contribution < -0.4 is 5.73 Å². The zero-order valence-electron chi connectivity index (χ0n) is 9.13. The van der Waals surface area contributed by atoms with Gasteiger partial charge < -0.3 is 5.73 Å². The number of nitrogens with two attached hydrogens (primary N) is 1. The minimum atomic E-state index is -0.382. The van der Waals surface area contributed by atoms with E-state index in [2.05, 4.69) is 18.1 Å². The molecule has 0 atom stereocenters. The van der Waals surface area contributed by atoms with Crippen molar-refractivity contribution in [2.75, 3.05) is 0 Å². The lowest BCUT2D eigenvalue weighted by Crippen LogP contribution is -2.35. The lowest BCUT2D eigenvalue weighted by molar-refractivity contribution is 0.456.